The summed E-state index contributed by atoms with van der Waals surface area (Å²) < 4.78 is 1.29. The number of rotatable bonds is 4. The van der Waals surface area contributed by atoms with E-state index in [1.54, 1.807) is 0 Å². The first-order valence-corrected chi connectivity index (χ1v) is 6.02. The van der Waals surface area contributed by atoms with Crippen molar-refractivity contribution in [2.75, 3.05) is 0 Å². The Morgan fingerprint density at radius 1 is 1.44 bits per heavy atom. The van der Waals surface area contributed by atoms with Crippen LogP contribution >= 0.6 is 11.6 Å². The van der Waals surface area contributed by atoms with E-state index in [0.717, 1.165) is 19.3 Å². The molecule has 0 radical (unpaired) electrons. The molecule has 1 aromatic rings. The van der Waals surface area contributed by atoms with E-state index in [9.17, 15) is 9.59 Å². The molecule has 0 amide bonds. The zero-order valence-electron chi connectivity index (χ0n) is 9.25. The lowest BCUT2D eigenvalue weighted by Gasteiger charge is -2.07. The molecule has 1 N–H and O–H groups in total. The Morgan fingerprint density at radius 3 is 2.69 bits per heavy atom. The predicted molar refractivity (Wildman–Crippen MR) is 63.1 cm³/mol. The summed E-state index contributed by atoms with van der Waals surface area (Å²) in [5.41, 5.74) is -0.0753. The normalized spacial score (nSPS) is 15.4. The first kappa shape index (κ1) is 11.5. The maximum Gasteiger partial charge on any atom is 0.329 e. The third-order valence-electron chi connectivity index (χ3n) is 2.87. The Balaban J connectivity index is 2.46. The highest BCUT2D eigenvalue weighted by atomic mass is 35.5. The van der Waals surface area contributed by atoms with Crippen molar-refractivity contribution >= 4 is 11.6 Å². The van der Waals surface area contributed by atoms with E-state index in [2.05, 4.69) is 4.98 Å². The zero-order chi connectivity index (χ0) is 11.7. The van der Waals surface area contributed by atoms with Crippen molar-refractivity contribution in [2.24, 2.45) is 5.92 Å². The van der Waals surface area contributed by atoms with E-state index in [0.29, 0.717) is 24.4 Å². The zero-order valence-corrected chi connectivity index (χ0v) is 10.0. The Hall–Kier alpha value is -1.03. The maximum atomic E-state index is 12.0. The molecule has 0 atom stereocenters. The van der Waals surface area contributed by atoms with Crippen LogP contribution in [0, 0.1) is 5.92 Å². The minimum Gasteiger partial charge on any atom is -0.297 e. The Morgan fingerprint density at radius 2 is 2.12 bits per heavy atom. The minimum absolute atomic E-state index is 0.198. The fraction of sp³-hybridized carbons (Fsp3) is 0.636. The lowest BCUT2D eigenvalue weighted by Crippen LogP contribution is -2.38. The average Bonchev–Trinajstić information content (AvgIpc) is 3.03. The molecular weight excluding hydrogens is 228 g/mol. The number of hydrogen-bond acceptors (Lipinski definition) is 2. The van der Waals surface area contributed by atoms with Crippen LogP contribution in [-0.4, -0.2) is 9.55 Å². The van der Waals surface area contributed by atoms with Crippen molar-refractivity contribution in [2.45, 2.75) is 39.2 Å². The van der Waals surface area contributed by atoms with Crippen molar-refractivity contribution < 1.29 is 0 Å². The van der Waals surface area contributed by atoms with Gasteiger partial charge in [0.15, 0.2) is 0 Å². The van der Waals surface area contributed by atoms with Crippen LogP contribution in [0.5, 0.6) is 0 Å². The second-order valence-electron chi connectivity index (χ2n) is 4.33. The second kappa shape index (κ2) is 4.45. The van der Waals surface area contributed by atoms with Gasteiger partial charge in [-0.25, -0.2) is 4.79 Å². The Kier molecular flexibility index (Phi) is 3.19. The van der Waals surface area contributed by atoms with Gasteiger partial charge in [0, 0.05) is 6.54 Å². The van der Waals surface area contributed by atoms with Gasteiger partial charge in [0.05, 0.1) is 5.56 Å². The summed E-state index contributed by atoms with van der Waals surface area (Å²) in [4.78, 5) is 26.2. The quantitative estimate of drug-likeness (QED) is 0.815. The lowest BCUT2D eigenvalue weighted by molar-refractivity contribution is 0.568. The third kappa shape index (κ3) is 2.21. The minimum atomic E-state index is -0.387. The highest BCUT2D eigenvalue weighted by Crippen LogP contribution is 2.29. The number of nitrogens with zero attached hydrogens (tertiary/aromatic N) is 1. The fourth-order valence-electron chi connectivity index (χ4n) is 1.78. The molecule has 16 heavy (non-hydrogen) atoms. The molecule has 0 bridgehead atoms. The highest BCUT2D eigenvalue weighted by molar-refractivity contribution is 6.30. The summed E-state index contributed by atoms with van der Waals surface area (Å²) in [5, 5.41) is 0.198. The van der Waals surface area contributed by atoms with Crippen LogP contribution < -0.4 is 11.2 Å². The number of H-pyrrole nitrogens is 1. The number of aromatic amines is 1. The summed E-state index contributed by atoms with van der Waals surface area (Å²) in [6.07, 6.45) is 3.67. The molecule has 0 aromatic carbocycles. The van der Waals surface area contributed by atoms with Crippen LogP contribution in [0.15, 0.2) is 9.59 Å². The van der Waals surface area contributed by atoms with Crippen LogP contribution in [0.3, 0.4) is 0 Å². The lowest BCUT2D eigenvalue weighted by atomic mass is 10.2. The molecule has 0 spiro atoms. The average molecular weight is 243 g/mol. The van der Waals surface area contributed by atoms with Gasteiger partial charge < -0.3 is 0 Å². The van der Waals surface area contributed by atoms with Gasteiger partial charge in [-0.2, -0.15) is 0 Å². The summed E-state index contributed by atoms with van der Waals surface area (Å²) in [5.74, 6) is 0.495. The first-order chi connectivity index (χ1) is 7.63. The molecule has 1 saturated carbocycles. The molecule has 0 aliphatic heterocycles. The number of halogens is 1. The molecule has 1 heterocycles. The van der Waals surface area contributed by atoms with Crippen molar-refractivity contribution in [3.05, 3.63) is 31.6 Å². The van der Waals surface area contributed by atoms with Crippen LogP contribution in [0.1, 0.15) is 31.7 Å². The number of nitrogens with one attached hydrogen (secondary N) is 1. The smallest absolute Gasteiger partial charge is 0.297 e. The molecule has 88 valence electrons. The fourth-order valence-corrected chi connectivity index (χ4v) is 2.03. The number of aromatic nitrogens is 2. The molecule has 1 fully saturated rings. The Bertz CT molecular complexity index is 500. The standard InChI is InChI=1S/C11H15ClN2O2/c1-2-3-8-9(12)13-11(16)14(10(8)15)6-7-4-5-7/h7H,2-6H2,1H3,(H,13,16). The predicted octanol–water partition coefficient (Wildman–Crippen LogP) is 1.55. The van der Waals surface area contributed by atoms with Gasteiger partial charge >= 0.3 is 5.69 Å². The van der Waals surface area contributed by atoms with Crippen LogP contribution in [0.25, 0.3) is 0 Å². The molecule has 5 heteroatoms. The van der Waals surface area contributed by atoms with Crippen molar-refractivity contribution in [1.29, 1.82) is 0 Å². The summed E-state index contributed by atoms with van der Waals surface area (Å²) in [7, 11) is 0. The van der Waals surface area contributed by atoms with E-state index in [1.165, 1.54) is 4.57 Å². The van der Waals surface area contributed by atoms with Gasteiger partial charge in [-0.05, 0) is 25.2 Å². The number of hydrogen-bond donors (Lipinski definition) is 1. The van der Waals surface area contributed by atoms with Crippen LogP contribution in [0.2, 0.25) is 5.15 Å². The van der Waals surface area contributed by atoms with Gasteiger partial charge in [-0.3, -0.25) is 14.3 Å². The van der Waals surface area contributed by atoms with Gasteiger partial charge in [0.25, 0.3) is 5.56 Å². The summed E-state index contributed by atoms with van der Waals surface area (Å²) >= 11 is 5.87. The van der Waals surface area contributed by atoms with Gasteiger partial charge in [-0.15, -0.1) is 0 Å². The molecule has 0 unspecified atom stereocenters. The highest BCUT2D eigenvalue weighted by Gasteiger charge is 2.24. The molecule has 1 aromatic heterocycles. The van der Waals surface area contributed by atoms with E-state index in [-0.39, 0.29) is 16.4 Å². The summed E-state index contributed by atoms with van der Waals surface area (Å²) in [6.45, 7) is 2.51. The van der Waals surface area contributed by atoms with E-state index >= 15 is 0 Å². The van der Waals surface area contributed by atoms with Crippen LogP contribution in [-0.2, 0) is 13.0 Å². The van der Waals surface area contributed by atoms with Gasteiger partial charge in [0.2, 0.25) is 0 Å². The first-order valence-electron chi connectivity index (χ1n) is 5.65. The molecule has 1 aliphatic rings. The molecule has 0 saturated heterocycles. The van der Waals surface area contributed by atoms with Gasteiger partial charge in [-0.1, -0.05) is 24.9 Å². The van der Waals surface area contributed by atoms with Crippen molar-refractivity contribution in [3.8, 4) is 0 Å². The molecular formula is C11H15ClN2O2. The summed E-state index contributed by atoms with van der Waals surface area (Å²) in [6, 6.07) is 0. The largest absolute Gasteiger partial charge is 0.329 e. The van der Waals surface area contributed by atoms with Gasteiger partial charge in [0.1, 0.15) is 5.15 Å². The van der Waals surface area contributed by atoms with Crippen molar-refractivity contribution in [3.63, 3.8) is 0 Å². The van der Waals surface area contributed by atoms with E-state index in [4.69, 9.17) is 11.6 Å². The second-order valence-corrected chi connectivity index (χ2v) is 4.71. The maximum absolute atomic E-state index is 12.0. The Labute approximate surface area is 98.3 Å². The molecule has 1 aliphatic carbocycles. The third-order valence-corrected chi connectivity index (χ3v) is 3.19. The SMILES string of the molecule is CCCc1c(Cl)[nH]c(=O)n(CC2CC2)c1=O. The molecule has 2 rings (SSSR count). The topological polar surface area (TPSA) is 54.9 Å². The van der Waals surface area contributed by atoms with E-state index < -0.39 is 0 Å². The van der Waals surface area contributed by atoms with E-state index in [1.807, 2.05) is 6.92 Å². The molecule has 4 nitrogen and oxygen atoms in total. The van der Waals surface area contributed by atoms with Crippen LogP contribution in [0.4, 0.5) is 0 Å². The monoisotopic (exact) mass is 242 g/mol. The van der Waals surface area contributed by atoms with Crippen molar-refractivity contribution in [1.82, 2.24) is 9.55 Å².